The van der Waals surface area contributed by atoms with Gasteiger partial charge in [0.25, 0.3) is 0 Å². The maximum atomic E-state index is 13.1. The third-order valence-corrected chi connectivity index (χ3v) is 6.75. The number of unbranched alkanes of at least 4 members (excludes halogenated alkanes) is 1. The number of hydrogen-bond acceptors (Lipinski definition) is 4. The fourth-order valence-electron chi connectivity index (χ4n) is 2.73. The number of rotatable bonds is 10. The van der Waals surface area contributed by atoms with Gasteiger partial charge in [-0.25, -0.2) is 8.42 Å². The van der Waals surface area contributed by atoms with E-state index in [1.54, 1.807) is 42.8 Å². The molecule has 0 unspecified atom stereocenters. The second-order valence-electron chi connectivity index (χ2n) is 6.15. The van der Waals surface area contributed by atoms with Crippen molar-refractivity contribution in [3.63, 3.8) is 0 Å². The van der Waals surface area contributed by atoms with E-state index in [1.807, 2.05) is 18.2 Å². The van der Waals surface area contributed by atoms with Crippen molar-refractivity contribution in [1.29, 1.82) is 0 Å². The first-order chi connectivity index (χ1) is 12.9. The van der Waals surface area contributed by atoms with E-state index in [-0.39, 0.29) is 0 Å². The van der Waals surface area contributed by atoms with E-state index in [0.717, 1.165) is 22.9 Å². The molecule has 0 radical (unpaired) electrons. The molecular weight excluding hydrogens is 430 g/mol. The Hall–Kier alpha value is -1.57. The van der Waals surface area contributed by atoms with E-state index in [2.05, 4.69) is 22.9 Å². The second-order valence-corrected chi connectivity index (χ2v) is 9.00. The molecule has 5 nitrogen and oxygen atoms in total. The van der Waals surface area contributed by atoms with Crippen molar-refractivity contribution in [2.24, 2.45) is 0 Å². The van der Waals surface area contributed by atoms with Crippen LogP contribution in [0.5, 0.6) is 11.5 Å². The topological polar surface area (TPSA) is 55.8 Å². The molecule has 7 heteroatoms. The number of ether oxygens (including phenoxy) is 2. The summed E-state index contributed by atoms with van der Waals surface area (Å²) in [6.45, 7) is 2.97. The summed E-state index contributed by atoms with van der Waals surface area (Å²) in [6, 6.07) is 12.4. The van der Waals surface area contributed by atoms with Crippen LogP contribution in [0.4, 0.5) is 0 Å². The van der Waals surface area contributed by atoms with Crippen LogP contribution < -0.4 is 9.47 Å². The van der Waals surface area contributed by atoms with Crippen molar-refractivity contribution in [2.45, 2.75) is 31.1 Å². The Morgan fingerprint density at radius 1 is 0.963 bits per heavy atom. The first kappa shape index (κ1) is 21.7. The molecule has 27 heavy (non-hydrogen) atoms. The van der Waals surface area contributed by atoms with Crippen molar-refractivity contribution in [1.82, 2.24) is 4.31 Å². The molecular formula is C20H26BrNO4S. The average molecular weight is 456 g/mol. The minimum Gasteiger partial charge on any atom is -0.493 e. The molecule has 0 fully saturated rings. The zero-order valence-electron chi connectivity index (χ0n) is 15.9. The van der Waals surface area contributed by atoms with Crippen LogP contribution >= 0.6 is 15.9 Å². The molecule has 2 rings (SSSR count). The molecule has 0 aliphatic carbocycles. The van der Waals surface area contributed by atoms with Crippen molar-refractivity contribution < 1.29 is 17.9 Å². The Morgan fingerprint density at radius 2 is 1.63 bits per heavy atom. The highest BCUT2D eigenvalue weighted by Crippen LogP contribution is 2.28. The van der Waals surface area contributed by atoms with E-state index < -0.39 is 10.0 Å². The van der Waals surface area contributed by atoms with Gasteiger partial charge in [-0.05, 0) is 54.8 Å². The van der Waals surface area contributed by atoms with Crippen LogP contribution in [0.15, 0.2) is 51.8 Å². The zero-order valence-corrected chi connectivity index (χ0v) is 18.3. The quantitative estimate of drug-likeness (QED) is 0.528. The van der Waals surface area contributed by atoms with Crippen molar-refractivity contribution in [2.75, 3.05) is 27.3 Å². The van der Waals surface area contributed by atoms with Gasteiger partial charge >= 0.3 is 0 Å². The monoisotopic (exact) mass is 455 g/mol. The summed E-state index contributed by atoms with van der Waals surface area (Å²) in [5, 5.41) is 0. The molecule has 0 heterocycles. The van der Waals surface area contributed by atoms with Gasteiger partial charge in [0.1, 0.15) is 0 Å². The molecule has 0 atom stereocenters. The van der Waals surface area contributed by atoms with E-state index >= 15 is 0 Å². The SMILES string of the molecule is CCCCN(CCc1ccc(OC)c(OC)c1)S(=O)(=O)c1ccc(Br)cc1. The van der Waals surface area contributed by atoms with Crippen LogP contribution in [0.3, 0.4) is 0 Å². The molecule has 2 aromatic carbocycles. The van der Waals surface area contributed by atoms with Gasteiger partial charge in [-0.15, -0.1) is 0 Å². The van der Waals surface area contributed by atoms with Gasteiger partial charge in [0, 0.05) is 17.6 Å². The minimum absolute atomic E-state index is 0.314. The number of nitrogens with zero attached hydrogens (tertiary/aromatic N) is 1. The van der Waals surface area contributed by atoms with Gasteiger partial charge < -0.3 is 9.47 Å². The lowest BCUT2D eigenvalue weighted by Crippen LogP contribution is -2.34. The molecule has 0 saturated carbocycles. The number of benzene rings is 2. The largest absolute Gasteiger partial charge is 0.493 e. The highest BCUT2D eigenvalue weighted by molar-refractivity contribution is 9.10. The molecule has 0 amide bonds. The molecule has 0 aliphatic rings. The van der Waals surface area contributed by atoms with Crippen LogP contribution in [0, 0.1) is 0 Å². The number of sulfonamides is 1. The van der Waals surface area contributed by atoms with Gasteiger partial charge in [-0.2, -0.15) is 4.31 Å². The summed E-state index contributed by atoms with van der Waals surface area (Å²) in [4.78, 5) is 0.314. The zero-order chi connectivity index (χ0) is 19.9. The highest BCUT2D eigenvalue weighted by atomic mass is 79.9. The molecule has 0 N–H and O–H groups in total. The predicted molar refractivity (Wildman–Crippen MR) is 111 cm³/mol. The van der Waals surface area contributed by atoms with Crippen LogP contribution in [-0.4, -0.2) is 40.0 Å². The Kier molecular flexibility index (Phi) is 8.13. The lowest BCUT2D eigenvalue weighted by molar-refractivity contribution is 0.354. The van der Waals surface area contributed by atoms with E-state index in [9.17, 15) is 8.42 Å². The lowest BCUT2D eigenvalue weighted by atomic mass is 10.1. The highest BCUT2D eigenvalue weighted by Gasteiger charge is 2.23. The van der Waals surface area contributed by atoms with Crippen LogP contribution in [0.2, 0.25) is 0 Å². The fraction of sp³-hybridized carbons (Fsp3) is 0.400. The van der Waals surface area contributed by atoms with E-state index in [0.29, 0.717) is 35.9 Å². The van der Waals surface area contributed by atoms with Crippen LogP contribution in [0.25, 0.3) is 0 Å². The second kappa shape index (κ2) is 10.1. The predicted octanol–water partition coefficient (Wildman–Crippen LogP) is 4.50. The first-order valence-corrected chi connectivity index (χ1v) is 11.1. The summed E-state index contributed by atoms with van der Waals surface area (Å²) in [7, 11) is -0.350. The number of halogens is 1. The maximum absolute atomic E-state index is 13.1. The molecule has 0 aromatic heterocycles. The van der Waals surface area contributed by atoms with Crippen molar-refractivity contribution in [3.8, 4) is 11.5 Å². The summed E-state index contributed by atoms with van der Waals surface area (Å²) in [5.74, 6) is 1.30. The third kappa shape index (κ3) is 5.70. The Labute approximate surface area is 170 Å². The normalized spacial score (nSPS) is 11.6. The molecule has 148 valence electrons. The molecule has 0 aliphatic heterocycles. The van der Waals surface area contributed by atoms with E-state index in [1.165, 1.54) is 0 Å². The summed E-state index contributed by atoms with van der Waals surface area (Å²) >= 11 is 3.35. The van der Waals surface area contributed by atoms with Crippen LogP contribution in [-0.2, 0) is 16.4 Å². The average Bonchev–Trinajstić information content (AvgIpc) is 2.67. The van der Waals surface area contributed by atoms with Gasteiger partial charge in [0.05, 0.1) is 19.1 Å². The molecule has 0 saturated heterocycles. The van der Waals surface area contributed by atoms with Gasteiger partial charge in [-0.1, -0.05) is 35.3 Å². The van der Waals surface area contributed by atoms with Crippen LogP contribution in [0.1, 0.15) is 25.3 Å². The van der Waals surface area contributed by atoms with Gasteiger partial charge in [0.15, 0.2) is 11.5 Å². The molecule has 0 bridgehead atoms. The maximum Gasteiger partial charge on any atom is 0.243 e. The fourth-order valence-corrected chi connectivity index (χ4v) is 4.48. The molecule has 2 aromatic rings. The van der Waals surface area contributed by atoms with Crippen molar-refractivity contribution in [3.05, 3.63) is 52.5 Å². The summed E-state index contributed by atoms with van der Waals surface area (Å²) in [6.07, 6.45) is 2.35. The Morgan fingerprint density at radius 3 is 2.22 bits per heavy atom. The molecule has 0 spiro atoms. The first-order valence-electron chi connectivity index (χ1n) is 8.89. The third-order valence-electron chi connectivity index (χ3n) is 4.31. The number of methoxy groups -OCH3 is 2. The summed E-state index contributed by atoms with van der Waals surface area (Å²) < 4.78 is 39.1. The van der Waals surface area contributed by atoms with Gasteiger partial charge in [0.2, 0.25) is 10.0 Å². The Balaban J connectivity index is 2.20. The Bertz CT molecular complexity index is 838. The van der Waals surface area contributed by atoms with E-state index in [4.69, 9.17) is 9.47 Å². The minimum atomic E-state index is -3.53. The standard InChI is InChI=1S/C20H26BrNO4S/c1-4-5-13-22(27(23,24)18-9-7-17(21)8-10-18)14-12-16-6-11-19(25-2)20(15-16)26-3/h6-11,15H,4-5,12-14H2,1-3H3. The number of hydrogen-bond donors (Lipinski definition) is 0. The summed E-state index contributed by atoms with van der Waals surface area (Å²) in [5.41, 5.74) is 1.00. The van der Waals surface area contributed by atoms with Gasteiger partial charge in [-0.3, -0.25) is 0 Å². The lowest BCUT2D eigenvalue weighted by Gasteiger charge is -2.22. The van der Waals surface area contributed by atoms with Crippen molar-refractivity contribution >= 4 is 26.0 Å². The smallest absolute Gasteiger partial charge is 0.243 e.